The molecular weight excluding hydrogens is 259 g/mol. The van der Waals surface area contributed by atoms with Crippen molar-refractivity contribution in [2.45, 2.75) is 32.0 Å². The molecule has 0 heterocycles. The van der Waals surface area contributed by atoms with E-state index in [2.05, 4.69) is 5.32 Å². The van der Waals surface area contributed by atoms with Crippen LogP contribution in [0.3, 0.4) is 0 Å². The van der Waals surface area contributed by atoms with Crippen LogP contribution < -0.4 is 5.32 Å². The molecule has 0 radical (unpaired) electrons. The zero-order chi connectivity index (χ0) is 14.3. The van der Waals surface area contributed by atoms with E-state index >= 15 is 0 Å². The van der Waals surface area contributed by atoms with Crippen molar-refractivity contribution in [1.82, 2.24) is 5.32 Å². The van der Waals surface area contributed by atoms with E-state index in [1.807, 2.05) is 0 Å². The molecule has 0 saturated heterocycles. The second kappa shape index (κ2) is 7.13. The molecule has 0 aliphatic rings. The molecule has 0 amide bonds. The molecule has 0 unspecified atom stereocenters. The van der Waals surface area contributed by atoms with Crippen molar-refractivity contribution in [3.8, 4) is 0 Å². The normalized spacial score (nSPS) is 11.5. The molecule has 0 fully saturated rings. The number of rotatable bonds is 7. The molecule has 0 spiro atoms. The van der Waals surface area contributed by atoms with Crippen LogP contribution in [0.4, 0.5) is 13.2 Å². The highest BCUT2D eigenvalue weighted by molar-refractivity contribution is 5.66. The van der Waals surface area contributed by atoms with Gasteiger partial charge in [-0.2, -0.15) is 13.2 Å². The van der Waals surface area contributed by atoms with Crippen LogP contribution in [0.1, 0.15) is 30.4 Å². The van der Waals surface area contributed by atoms with E-state index in [1.54, 1.807) is 0 Å². The van der Waals surface area contributed by atoms with Crippen molar-refractivity contribution in [3.05, 3.63) is 35.4 Å². The quantitative estimate of drug-likeness (QED) is 0.752. The fourth-order valence-electron chi connectivity index (χ4n) is 1.57. The molecule has 1 aromatic carbocycles. The Kier molecular flexibility index (Phi) is 5.82. The Morgan fingerprint density at radius 2 is 1.79 bits per heavy atom. The topological polar surface area (TPSA) is 49.3 Å². The molecule has 19 heavy (non-hydrogen) atoms. The summed E-state index contributed by atoms with van der Waals surface area (Å²) in [7, 11) is 0. The van der Waals surface area contributed by atoms with E-state index in [0.29, 0.717) is 19.5 Å². The highest BCUT2D eigenvalue weighted by Gasteiger charge is 2.29. The highest BCUT2D eigenvalue weighted by Crippen LogP contribution is 2.28. The van der Waals surface area contributed by atoms with Gasteiger partial charge in [0.25, 0.3) is 0 Å². The fraction of sp³-hybridized carbons (Fsp3) is 0.462. The van der Waals surface area contributed by atoms with Gasteiger partial charge in [-0.05, 0) is 37.1 Å². The lowest BCUT2D eigenvalue weighted by atomic mass is 10.1. The molecule has 0 atom stereocenters. The molecule has 1 aromatic rings. The third kappa shape index (κ3) is 6.24. The summed E-state index contributed by atoms with van der Waals surface area (Å²) in [5, 5.41) is 11.5. The molecule has 106 valence electrons. The Balaban J connectivity index is 2.25. The van der Waals surface area contributed by atoms with Crippen LogP contribution >= 0.6 is 0 Å². The van der Waals surface area contributed by atoms with Crippen molar-refractivity contribution in [3.63, 3.8) is 0 Å². The zero-order valence-electron chi connectivity index (χ0n) is 10.3. The van der Waals surface area contributed by atoms with Crippen LogP contribution in [0.15, 0.2) is 24.3 Å². The van der Waals surface area contributed by atoms with Gasteiger partial charge in [-0.3, -0.25) is 4.79 Å². The van der Waals surface area contributed by atoms with Crippen molar-refractivity contribution >= 4 is 5.97 Å². The summed E-state index contributed by atoms with van der Waals surface area (Å²) in [6.45, 7) is 1.12. The van der Waals surface area contributed by atoms with Gasteiger partial charge in [0.2, 0.25) is 0 Å². The molecule has 3 nitrogen and oxygen atoms in total. The summed E-state index contributed by atoms with van der Waals surface area (Å²) in [5.74, 6) is -0.817. The number of hydrogen-bond acceptors (Lipinski definition) is 2. The summed E-state index contributed by atoms with van der Waals surface area (Å²) in [6, 6.07) is 4.99. The van der Waals surface area contributed by atoms with E-state index < -0.39 is 17.7 Å². The monoisotopic (exact) mass is 275 g/mol. The van der Waals surface area contributed by atoms with Gasteiger partial charge < -0.3 is 10.4 Å². The average Bonchev–Trinajstić information content (AvgIpc) is 2.32. The number of carboxylic acid groups (broad SMARTS) is 1. The molecule has 1 rings (SSSR count). The van der Waals surface area contributed by atoms with Gasteiger partial charge in [-0.1, -0.05) is 12.1 Å². The van der Waals surface area contributed by atoms with Crippen molar-refractivity contribution in [1.29, 1.82) is 0 Å². The SMILES string of the molecule is O=C(O)CCCCNCc1ccc(C(F)(F)F)cc1. The van der Waals surface area contributed by atoms with Gasteiger partial charge >= 0.3 is 12.1 Å². The number of halogens is 3. The molecule has 2 N–H and O–H groups in total. The molecule has 0 aromatic heterocycles. The Morgan fingerprint density at radius 1 is 1.16 bits per heavy atom. The summed E-state index contributed by atoms with van der Waals surface area (Å²) in [5.41, 5.74) is 0.115. The second-order valence-corrected chi connectivity index (χ2v) is 4.22. The zero-order valence-corrected chi connectivity index (χ0v) is 10.3. The largest absolute Gasteiger partial charge is 0.481 e. The molecule has 0 bridgehead atoms. The van der Waals surface area contributed by atoms with E-state index in [0.717, 1.165) is 24.1 Å². The van der Waals surface area contributed by atoms with E-state index in [-0.39, 0.29) is 6.42 Å². The lowest BCUT2D eigenvalue weighted by molar-refractivity contribution is -0.138. The van der Waals surface area contributed by atoms with Crippen molar-refractivity contribution in [2.24, 2.45) is 0 Å². The Morgan fingerprint density at radius 3 is 2.32 bits per heavy atom. The first kappa shape index (κ1) is 15.5. The summed E-state index contributed by atoms with van der Waals surface area (Å²) in [4.78, 5) is 10.3. The molecular formula is C13H16F3NO2. The number of unbranched alkanes of at least 4 members (excludes halogenated alkanes) is 1. The molecule has 0 saturated carbocycles. The Labute approximate surface area is 109 Å². The molecule has 6 heteroatoms. The van der Waals surface area contributed by atoms with Crippen molar-refractivity contribution in [2.75, 3.05) is 6.54 Å². The maximum absolute atomic E-state index is 12.3. The van der Waals surface area contributed by atoms with Gasteiger partial charge in [0.15, 0.2) is 0 Å². The van der Waals surface area contributed by atoms with Crippen LogP contribution in [0.2, 0.25) is 0 Å². The van der Waals surface area contributed by atoms with E-state index in [1.165, 1.54) is 12.1 Å². The van der Waals surface area contributed by atoms with Crippen LogP contribution in [-0.4, -0.2) is 17.6 Å². The predicted octanol–water partition coefficient (Wildman–Crippen LogP) is 3.05. The predicted molar refractivity (Wildman–Crippen MR) is 64.6 cm³/mol. The van der Waals surface area contributed by atoms with Crippen LogP contribution in [-0.2, 0) is 17.5 Å². The smallest absolute Gasteiger partial charge is 0.416 e. The highest BCUT2D eigenvalue weighted by atomic mass is 19.4. The van der Waals surface area contributed by atoms with Gasteiger partial charge in [0.05, 0.1) is 5.56 Å². The van der Waals surface area contributed by atoms with Crippen LogP contribution in [0.25, 0.3) is 0 Å². The first-order valence-corrected chi connectivity index (χ1v) is 5.98. The average molecular weight is 275 g/mol. The number of alkyl halides is 3. The van der Waals surface area contributed by atoms with Gasteiger partial charge in [-0.25, -0.2) is 0 Å². The number of benzene rings is 1. The minimum absolute atomic E-state index is 0.141. The lowest BCUT2D eigenvalue weighted by Crippen LogP contribution is -2.15. The third-order valence-electron chi connectivity index (χ3n) is 2.60. The van der Waals surface area contributed by atoms with Gasteiger partial charge in [0.1, 0.15) is 0 Å². The Bertz CT molecular complexity index is 401. The third-order valence-corrected chi connectivity index (χ3v) is 2.60. The second-order valence-electron chi connectivity index (χ2n) is 4.22. The van der Waals surface area contributed by atoms with E-state index in [4.69, 9.17) is 5.11 Å². The maximum atomic E-state index is 12.3. The first-order chi connectivity index (χ1) is 8.89. The summed E-state index contributed by atoms with van der Waals surface area (Å²) in [6.07, 6.45) is -2.84. The minimum Gasteiger partial charge on any atom is -0.481 e. The number of aliphatic carboxylic acids is 1. The minimum atomic E-state index is -4.30. The first-order valence-electron chi connectivity index (χ1n) is 5.98. The van der Waals surface area contributed by atoms with Crippen LogP contribution in [0.5, 0.6) is 0 Å². The number of hydrogen-bond donors (Lipinski definition) is 2. The molecule has 0 aliphatic carbocycles. The summed E-state index contributed by atoms with van der Waals surface area (Å²) < 4.78 is 36.9. The van der Waals surface area contributed by atoms with Crippen LogP contribution in [0, 0.1) is 0 Å². The molecule has 0 aliphatic heterocycles. The number of nitrogens with one attached hydrogen (secondary N) is 1. The maximum Gasteiger partial charge on any atom is 0.416 e. The Hall–Kier alpha value is -1.56. The summed E-state index contributed by atoms with van der Waals surface area (Å²) >= 11 is 0. The van der Waals surface area contributed by atoms with Crippen molar-refractivity contribution < 1.29 is 23.1 Å². The van der Waals surface area contributed by atoms with E-state index in [9.17, 15) is 18.0 Å². The van der Waals surface area contributed by atoms with Gasteiger partial charge in [0, 0.05) is 13.0 Å². The number of carboxylic acids is 1. The standard InChI is InChI=1S/C13H16F3NO2/c14-13(15,16)11-6-4-10(5-7-11)9-17-8-2-1-3-12(18)19/h4-7,17H,1-3,8-9H2,(H,18,19). The fourth-order valence-corrected chi connectivity index (χ4v) is 1.57. The lowest BCUT2D eigenvalue weighted by Gasteiger charge is -2.08. The number of carbonyl (C=O) groups is 1. The van der Waals surface area contributed by atoms with Gasteiger partial charge in [-0.15, -0.1) is 0 Å².